The summed E-state index contributed by atoms with van der Waals surface area (Å²) in [7, 11) is 0. The maximum Gasteiger partial charge on any atom is 0.353 e. The molecule has 0 spiro atoms. The van der Waals surface area contributed by atoms with E-state index in [1.807, 2.05) is 13.8 Å². The van der Waals surface area contributed by atoms with Crippen molar-refractivity contribution in [2.45, 2.75) is 32.8 Å². The highest BCUT2D eigenvalue weighted by Crippen LogP contribution is 2.17. The summed E-state index contributed by atoms with van der Waals surface area (Å²) < 4.78 is 4.59. The molecule has 0 aromatic carbocycles. The molecule has 1 atom stereocenters. The summed E-state index contributed by atoms with van der Waals surface area (Å²) in [5.74, 6) is -0.791. The van der Waals surface area contributed by atoms with Crippen LogP contribution in [0.2, 0.25) is 0 Å². The van der Waals surface area contributed by atoms with E-state index in [-0.39, 0.29) is 18.9 Å². The largest absolute Gasteiger partial charge is 0.463 e. The molecule has 0 amide bonds. The Morgan fingerprint density at radius 1 is 1.69 bits per heavy atom. The number of esters is 1. The lowest BCUT2D eigenvalue weighted by molar-refractivity contribution is -0.160. The third kappa shape index (κ3) is 3.43. The molecule has 74 valence electrons. The van der Waals surface area contributed by atoms with Crippen LogP contribution in [0.4, 0.5) is 0 Å². The molecule has 0 aromatic heterocycles. The van der Waals surface area contributed by atoms with Gasteiger partial charge in [0.05, 0.1) is 6.61 Å². The van der Waals surface area contributed by atoms with Crippen LogP contribution in [0.25, 0.3) is 0 Å². The Labute approximate surface area is 78.1 Å². The fourth-order valence-corrected chi connectivity index (χ4v) is 1.02. The summed E-state index contributed by atoms with van der Waals surface area (Å²) in [6.45, 7) is 5.44. The summed E-state index contributed by atoms with van der Waals surface area (Å²) in [6.07, 6.45) is 0.0995. The summed E-state index contributed by atoms with van der Waals surface area (Å²) in [4.78, 5) is 11.1. The van der Waals surface area contributed by atoms with E-state index in [1.165, 1.54) is 0 Å². The number of aliphatic hydroxyl groups is 1. The van der Waals surface area contributed by atoms with Gasteiger partial charge in [0.1, 0.15) is 6.07 Å². The second kappa shape index (κ2) is 4.83. The Balaban J connectivity index is 4.45. The first-order valence-electron chi connectivity index (χ1n) is 4.27. The van der Waals surface area contributed by atoms with Gasteiger partial charge in [0.2, 0.25) is 5.60 Å². The van der Waals surface area contributed by atoms with Gasteiger partial charge >= 0.3 is 5.97 Å². The molecule has 13 heavy (non-hydrogen) atoms. The zero-order chi connectivity index (χ0) is 10.5. The van der Waals surface area contributed by atoms with Gasteiger partial charge in [-0.3, -0.25) is 0 Å². The SMILES string of the molecule is CCOC(=O)C(O)(C#N)CC(C)C. The van der Waals surface area contributed by atoms with Crippen LogP contribution < -0.4 is 0 Å². The molecule has 0 aliphatic rings. The van der Waals surface area contributed by atoms with Gasteiger partial charge in [-0.2, -0.15) is 5.26 Å². The predicted octanol–water partition coefficient (Wildman–Crippen LogP) is 0.850. The minimum atomic E-state index is -1.98. The van der Waals surface area contributed by atoms with Crippen molar-refractivity contribution in [1.82, 2.24) is 0 Å². The Bertz CT molecular complexity index is 219. The zero-order valence-corrected chi connectivity index (χ0v) is 8.20. The molecule has 1 N–H and O–H groups in total. The Morgan fingerprint density at radius 3 is 2.54 bits per heavy atom. The van der Waals surface area contributed by atoms with Gasteiger partial charge in [-0.1, -0.05) is 13.8 Å². The van der Waals surface area contributed by atoms with Crippen molar-refractivity contribution in [2.24, 2.45) is 5.92 Å². The van der Waals surface area contributed by atoms with E-state index in [0.29, 0.717) is 0 Å². The average molecular weight is 185 g/mol. The molecule has 0 aliphatic carbocycles. The normalized spacial score (nSPS) is 14.8. The van der Waals surface area contributed by atoms with Crippen molar-refractivity contribution >= 4 is 5.97 Å². The number of rotatable bonds is 4. The summed E-state index contributed by atoms with van der Waals surface area (Å²) in [5.41, 5.74) is -1.98. The summed E-state index contributed by atoms with van der Waals surface area (Å²) in [6, 6.07) is 1.58. The number of carbonyl (C=O) groups excluding carboxylic acids is 1. The van der Waals surface area contributed by atoms with Gasteiger partial charge in [0, 0.05) is 6.42 Å². The van der Waals surface area contributed by atoms with Crippen LogP contribution in [0.15, 0.2) is 0 Å². The first-order chi connectivity index (χ1) is 5.96. The molecule has 4 heteroatoms. The molecule has 0 aliphatic heterocycles. The minimum absolute atomic E-state index is 0.0639. The van der Waals surface area contributed by atoms with Gasteiger partial charge in [-0.05, 0) is 12.8 Å². The molecule has 0 radical (unpaired) electrons. The molecular weight excluding hydrogens is 170 g/mol. The summed E-state index contributed by atoms with van der Waals surface area (Å²) >= 11 is 0. The van der Waals surface area contributed by atoms with E-state index in [0.717, 1.165) is 0 Å². The van der Waals surface area contributed by atoms with Crippen LogP contribution in [-0.4, -0.2) is 23.3 Å². The van der Waals surface area contributed by atoms with Crippen molar-refractivity contribution in [1.29, 1.82) is 5.26 Å². The van der Waals surface area contributed by atoms with Crippen LogP contribution in [0.3, 0.4) is 0 Å². The van der Waals surface area contributed by atoms with Crippen molar-refractivity contribution in [3.63, 3.8) is 0 Å². The number of carbonyl (C=O) groups is 1. The number of ether oxygens (including phenoxy) is 1. The minimum Gasteiger partial charge on any atom is -0.463 e. The lowest BCUT2D eigenvalue weighted by atomic mass is 9.94. The molecule has 4 nitrogen and oxygen atoms in total. The first-order valence-corrected chi connectivity index (χ1v) is 4.27. The summed E-state index contributed by atoms with van der Waals surface area (Å²) in [5, 5.41) is 18.2. The molecule has 0 aromatic rings. The molecule has 0 saturated carbocycles. The molecule has 0 heterocycles. The molecule has 0 bridgehead atoms. The van der Waals surface area contributed by atoms with Gasteiger partial charge in [0.15, 0.2) is 0 Å². The third-order valence-corrected chi connectivity index (χ3v) is 1.50. The molecule has 0 fully saturated rings. The molecular formula is C9H15NO3. The Kier molecular flexibility index (Phi) is 4.43. The lowest BCUT2D eigenvalue weighted by Gasteiger charge is -2.19. The first kappa shape index (κ1) is 11.9. The highest BCUT2D eigenvalue weighted by atomic mass is 16.5. The topological polar surface area (TPSA) is 70.3 Å². The highest BCUT2D eigenvalue weighted by Gasteiger charge is 2.38. The maximum atomic E-state index is 11.1. The fraction of sp³-hybridized carbons (Fsp3) is 0.778. The number of hydrogen-bond acceptors (Lipinski definition) is 4. The van der Waals surface area contributed by atoms with Gasteiger partial charge in [0.25, 0.3) is 0 Å². The molecule has 1 unspecified atom stereocenters. The third-order valence-electron chi connectivity index (χ3n) is 1.50. The van der Waals surface area contributed by atoms with E-state index >= 15 is 0 Å². The van der Waals surface area contributed by atoms with Crippen molar-refractivity contribution in [3.8, 4) is 6.07 Å². The van der Waals surface area contributed by atoms with Crippen LogP contribution in [-0.2, 0) is 9.53 Å². The maximum absolute atomic E-state index is 11.1. The second-order valence-electron chi connectivity index (χ2n) is 3.29. The number of nitrogens with zero attached hydrogens (tertiary/aromatic N) is 1. The van der Waals surface area contributed by atoms with E-state index in [2.05, 4.69) is 4.74 Å². The van der Waals surface area contributed by atoms with Gasteiger partial charge in [-0.15, -0.1) is 0 Å². The van der Waals surface area contributed by atoms with E-state index in [9.17, 15) is 9.90 Å². The molecule has 0 saturated heterocycles. The predicted molar refractivity (Wildman–Crippen MR) is 46.7 cm³/mol. The average Bonchev–Trinajstić information content (AvgIpc) is 2.03. The Hall–Kier alpha value is -1.08. The van der Waals surface area contributed by atoms with Crippen LogP contribution >= 0.6 is 0 Å². The van der Waals surface area contributed by atoms with E-state index in [4.69, 9.17) is 5.26 Å². The van der Waals surface area contributed by atoms with Crippen molar-refractivity contribution in [3.05, 3.63) is 0 Å². The smallest absolute Gasteiger partial charge is 0.353 e. The van der Waals surface area contributed by atoms with Crippen LogP contribution in [0, 0.1) is 17.2 Å². The monoisotopic (exact) mass is 185 g/mol. The second-order valence-corrected chi connectivity index (χ2v) is 3.29. The highest BCUT2D eigenvalue weighted by molar-refractivity contribution is 5.82. The number of hydrogen-bond donors (Lipinski definition) is 1. The van der Waals surface area contributed by atoms with Crippen LogP contribution in [0.1, 0.15) is 27.2 Å². The van der Waals surface area contributed by atoms with Crippen molar-refractivity contribution in [2.75, 3.05) is 6.61 Å². The van der Waals surface area contributed by atoms with Gasteiger partial charge < -0.3 is 9.84 Å². The quantitative estimate of drug-likeness (QED) is 0.520. The zero-order valence-electron chi connectivity index (χ0n) is 8.20. The molecule has 0 rings (SSSR count). The fourth-order valence-electron chi connectivity index (χ4n) is 1.02. The van der Waals surface area contributed by atoms with Crippen molar-refractivity contribution < 1.29 is 14.6 Å². The van der Waals surface area contributed by atoms with E-state index in [1.54, 1.807) is 13.0 Å². The lowest BCUT2D eigenvalue weighted by Crippen LogP contribution is -2.39. The number of nitriles is 1. The van der Waals surface area contributed by atoms with Crippen LogP contribution in [0.5, 0.6) is 0 Å². The standard InChI is InChI=1S/C9H15NO3/c1-4-13-8(11)9(12,6-10)5-7(2)3/h7,12H,4-5H2,1-3H3. The Morgan fingerprint density at radius 2 is 2.23 bits per heavy atom. The van der Waals surface area contributed by atoms with E-state index < -0.39 is 11.6 Å². The van der Waals surface area contributed by atoms with Gasteiger partial charge in [-0.25, -0.2) is 4.79 Å².